The van der Waals surface area contributed by atoms with Crippen molar-refractivity contribution >= 4 is 5.69 Å². The standard InChI is InChI=1S/C19H25NO2/c1-3-12-21-18-10-8-17(9-11-18)20-15-16-6-5-7-19(14-16)22-13-4-2/h5-11,14,20H,3-4,12-13,15H2,1-2H3. The van der Waals surface area contributed by atoms with Gasteiger partial charge in [0.1, 0.15) is 11.5 Å². The topological polar surface area (TPSA) is 30.5 Å². The number of hydrogen-bond donors (Lipinski definition) is 1. The number of ether oxygens (including phenoxy) is 2. The molecule has 2 rings (SSSR count). The second kappa shape index (κ2) is 8.98. The first-order valence-corrected chi connectivity index (χ1v) is 8.00. The largest absolute Gasteiger partial charge is 0.494 e. The zero-order valence-electron chi connectivity index (χ0n) is 13.5. The van der Waals surface area contributed by atoms with Gasteiger partial charge in [0.25, 0.3) is 0 Å². The van der Waals surface area contributed by atoms with Crippen LogP contribution in [-0.4, -0.2) is 13.2 Å². The molecule has 0 aliphatic heterocycles. The van der Waals surface area contributed by atoms with Crippen molar-refractivity contribution in [1.82, 2.24) is 0 Å². The summed E-state index contributed by atoms with van der Waals surface area (Å²) in [5, 5.41) is 3.42. The molecular formula is C19H25NO2. The van der Waals surface area contributed by atoms with Crippen molar-refractivity contribution in [3.63, 3.8) is 0 Å². The van der Waals surface area contributed by atoms with E-state index in [0.717, 1.165) is 49.8 Å². The molecule has 1 N–H and O–H groups in total. The Kier molecular flexibility index (Phi) is 6.62. The zero-order valence-corrected chi connectivity index (χ0v) is 13.5. The van der Waals surface area contributed by atoms with Crippen molar-refractivity contribution in [2.45, 2.75) is 33.2 Å². The van der Waals surface area contributed by atoms with Crippen LogP contribution >= 0.6 is 0 Å². The summed E-state index contributed by atoms with van der Waals surface area (Å²) in [5.41, 5.74) is 2.30. The van der Waals surface area contributed by atoms with Gasteiger partial charge in [-0.2, -0.15) is 0 Å². The third kappa shape index (κ3) is 5.32. The average Bonchev–Trinajstić information content (AvgIpc) is 2.57. The van der Waals surface area contributed by atoms with Crippen molar-refractivity contribution in [3.8, 4) is 11.5 Å². The molecule has 0 unspecified atom stereocenters. The molecule has 0 atom stereocenters. The molecule has 0 saturated heterocycles. The SMILES string of the molecule is CCCOc1ccc(NCc2cccc(OCCC)c2)cc1. The summed E-state index contributed by atoms with van der Waals surface area (Å²) < 4.78 is 11.2. The maximum atomic E-state index is 5.66. The number of benzene rings is 2. The lowest BCUT2D eigenvalue weighted by Gasteiger charge is -2.10. The van der Waals surface area contributed by atoms with E-state index >= 15 is 0 Å². The van der Waals surface area contributed by atoms with Crippen LogP contribution in [0.15, 0.2) is 48.5 Å². The first kappa shape index (κ1) is 16.2. The van der Waals surface area contributed by atoms with E-state index in [-0.39, 0.29) is 0 Å². The van der Waals surface area contributed by atoms with Crippen LogP contribution in [0.2, 0.25) is 0 Å². The average molecular weight is 299 g/mol. The highest BCUT2D eigenvalue weighted by Gasteiger charge is 1.99. The van der Waals surface area contributed by atoms with Gasteiger partial charge in [0.05, 0.1) is 13.2 Å². The van der Waals surface area contributed by atoms with Gasteiger partial charge in [-0.25, -0.2) is 0 Å². The second-order valence-corrected chi connectivity index (χ2v) is 5.22. The van der Waals surface area contributed by atoms with Crippen molar-refractivity contribution in [2.24, 2.45) is 0 Å². The summed E-state index contributed by atoms with van der Waals surface area (Å²) in [5.74, 6) is 1.85. The highest BCUT2D eigenvalue weighted by atomic mass is 16.5. The summed E-state index contributed by atoms with van der Waals surface area (Å²) in [6, 6.07) is 16.3. The fourth-order valence-electron chi connectivity index (χ4n) is 2.06. The first-order valence-electron chi connectivity index (χ1n) is 8.00. The molecule has 0 spiro atoms. The van der Waals surface area contributed by atoms with Gasteiger partial charge >= 0.3 is 0 Å². The molecule has 0 amide bonds. The molecule has 0 aromatic heterocycles. The van der Waals surface area contributed by atoms with Crippen LogP contribution < -0.4 is 14.8 Å². The van der Waals surface area contributed by atoms with Gasteiger partial charge in [0.2, 0.25) is 0 Å². The molecule has 0 fully saturated rings. The van der Waals surface area contributed by atoms with Gasteiger partial charge in [0.15, 0.2) is 0 Å². The minimum absolute atomic E-state index is 0.760. The number of rotatable bonds is 9. The molecule has 0 saturated carbocycles. The number of anilines is 1. The third-order valence-electron chi connectivity index (χ3n) is 3.20. The van der Waals surface area contributed by atoms with Gasteiger partial charge in [-0.1, -0.05) is 26.0 Å². The Morgan fingerprint density at radius 1 is 0.818 bits per heavy atom. The summed E-state index contributed by atoms with van der Waals surface area (Å²) >= 11 is 0. The van der Waals surface area contributed by atoms with Gasteiger partial charge in [-0.05, 0) is 54.8 Å². The van der Waals surface area contributed by atoms with Crippen LogP contribution in [0.25, 0.3) is 0 Å². The molecule has 2 aromatic carbocycles. The number of nitrogens with one attached hydrogen (secondary N) is 1. The summed E-state index contributed by atoms with van der Waals surface area (Å²) in [6.45, 7) is 6.51. The second-order valence-electron chi connectivity index (χ2n) is 5.22. The lowest BCUT2D eigenvalue weighted by Crippen LogP contribution is -2.01. The van der Waals surface area contributed by atoms with E-state index in [0.29, 0.717) is 0 Å². The fourth-order valence-corrected chi connectivity index (χ4v) is 2.06. The first-order chi connectivity index (χ1) is 10.8. The molecular weight excluding hydrogens is 274 g/mol. The molecule has 118 valence electrons. The van der Waals surface area contributed by atoms with Crippen molar-refractivity contribution in [3.05, 3.63) is 54.1 Å². The van der Waals surface area contributed by atoms with Crippen molar-refractivity contribution in [2.75, 3.05) is 18.5 Å². The summed E-state index contributed by atoms with van der Waals surface area (Å²) in [6.07, 6.45) is 2.05. The molecule has 3 heteroatoms. The Labute approximate surface area is 133 Å². The van der Waals surface area contributed by atoms with E-state index in [2.05, 4.69) is 31.3 Å². The van der Waals surface area contributed by atoms with Crippen molar-refractivity contribution in [1.29, 1.82) is 0 Å². The quantitative estimate of drug-likeness (QED) is 0.716. The minimum Gasteiger partial charge on any atom is -0.494 e. The van der Waals surface area contributed by atoms with Gasteiger partial charge in [-0.15, -0.1) is 0 Å². The minimum atomic E-state index is 0.760. The monoisotopic (exact) mass is 299 g/mol. The van der Waals surface area contributed by atoms with E-state index in [9.17, 15) is 0 Å². The van der Waals surface area contributed by atoms with E-state index < -0.39 is 0 Å². The summed E-state index contributed by atoms with van der Waals surface area (Å²) in [4.78, 5) is 0. The van der Waals surface area contributed by atoms with Gasteiger partial charge in [-0.3, -0.25) is 0 Å². The Hall–Kier alpha value is -2.16. The molecule has 0 bridgehead atoms. The van der Waals surface area contributed by atoms with Crippen LogP contribution in [0.4, 0.5) is 5.69 Å². The Morgan fingerprint density at radius 3 is 2.18 bits per heavy atom. The zero-order chi connectivity index (χ0) is 15.6. The van der Waals surface area contributed by atoms with Crippen LogP contribution in [0.1, 0.15) is 32.3 Å². The Bertz CT molecular complexity index is 552. The van der Waals surface area contributed by atoms with E-state index in [1.54, 1.807) is 0 Å². The van der Waals surface area contributed by atoms with Crippen LogP contribution in [0.3, 0.4) is 0 Å². The highest BCUT2D eigenvalue weighted by Crippen LogP contribution is 2.18. The van der Waals surface area contributed by atoms with Crippen LogP contribution in [0, 0.1) is 0 Å². The molecule has 0 aliphatic rings. The maximum absolute atomic E-state index is 5.66. The fraction of sp³-hybridized carbons (Fsp3) is 0.368. The van der Waals surface area contributed by atoms with Crippen LogP contribution in [0.5, 0.6) is 11.5 Å². The Morgan fingerprint density at radius 2 is 1.50 bits per heavy atom. The van der Waals surface area contributed by atoms with Gasteiger partial charge < -0.3 is 14.8 Å². The summed E-state index contributed by atoms with van der Waals surface area (Å²) in [7, 11) is 0. The van der Waals surface area contributed by atoms with E-state index in [1.807, 2.05) is 36.4 Å². The van der Waals surface area contributed by atoms with Gasteiger partial charge in [0, 0.05) is 12.2 Å². The predicted molar refractivity (Wildman–Crippen MR) is 91.8 cm³/mol. The van der Waals surface area contributed by atoms with Crippen LogP contribution in [-0.2, 0) is 6.54 Å². The van der Waals surface area contributed by atoms with E-state index in [1.165, 1.54) is 5.56 Å². The van der Waals surface area contributed by atoms with E-state index in [4.69, 9.17) is 9.47 Å². The highest BCUT2D eigenvalue weighted by molar-refractivity contribution is 5.47. The smallest absolute Gasteiger partial charge is 0.119 e. The number of hydrogen-bond acceptors (Lipinski definition) is 3. The molecule has 0 heterocycles. The molecule has 0 radical (unpaired) electrons. The molecule has 0 aliphatic carbocycles. The molecule has 22 heavy (non-hydrogen) atoms. The van der Waals surface area contributed by atoms with Crippen molar-refractivity contribution < 1.29 is 9.47 Å². The molecule has 3 nitrogen and oxygen atoms in total. The molecule has 2 aromatic rings. The maximum Gasteiger partial charge on any atom is 0.119 e. The lowest BCUT2D eigenvalue weighted by atomic mass is 10.2. The third-order valence-corrected chi connectivity index (χ3v) is 3.20. The Balaban J connectivity index is 1.86. The normalized spacial score (nSPS) is 10.3. The predicted octanol–water partition coefficient (Wildman–Crippen LogP) is 4.88. The lowest BCUT2D eigenvalue weighted by molar-refractivity contribution is 0.317.